The Labute approximate surface area is 94.6 Å². The minimum atomic E-state index is -3.24. The van der Waals surface area contributed by atoms with Gasteiger partial charge in [-0.05, 0) is 24.5 Å². The van der Waals surface area contributed by atoms with E-state index >= 15 is 0 Å². The topological polar surface area (TPSA) is 90.1 Å². The summed E-state index contributed by atoms with van der Waals surface area (Å²) >= 11 is 0. The van der Waals surface area contributed by atoms with E-state index < -0.39 is 9.84 Å². The van der Waals surface area contributed by atoms with Gasteiger partial charge in [0, 0.05) is 18.9 Å². The molecule has 1 heterocycles. The number of aromatic nitrogens is 1. The third kappa shape index (κ3) is 3.98. The summed E-state index contributed by atoms with van der Waals surface area (Å²) in [6, 6.07) is 3.17. The van der Waals surface area contributed by atoms with E-state index in [1.165, 1.54) is 12.3 Å². The number of amides is 1. The monoisotopic (exact) mass is 242 g/mol. The molecule has 0 atom stereocenters. The van der Waals surface area contributed by atoms with Crippen molar-refractivity contribution in [2.24, 2.45) is 5.73 Å². The molecule has 16 heavy (non-hydrogen) atoms. The van der Waals surface area contributed by atoms with Crippen LogP contribution >= 0.6 is 0 Å². The maximum atomic E-state index is 11.1. The largest absolute Gasteiger partial charge is 0.370 e. The molecule has 1 aromatic rings. The summed E-state index contributed by atoms with van der Waals surface area (Å²) in [5.41, 5.74) is 5.90. The van der Waals surface area contributed by atoms with Crippen molar-refractivity contribution >= 4 is 15.7 Å². The van der Waals surface area contributed by atoms with Crippen LogP contribution in [0.5, 0.6) is 0 Å². The van der Waals surface area contributed by atoms with Gasteiger partial charge in [0.2, 0.25) is 5.91 Å². The molecule has 0 aromatic carbocycles. The van der Waals surface area contributed by atoms with Crippen LogP contribution in [0.1, 0.15) is 18.4 Å². The standard InChI is InChI=1S/C10H14N2O3S/c1-16(14,15)10-6-5-8(7-12-10)3-2-4-9(11)13/h5-7H,2-4H2,1H3,(H2,11,13). The van der Waals surface area contributed by atoms with Gasteiger partial charge < -0.3 is 5.73 Å². The zero-order chi connectivity index (χ0) is 12.2. The Balaban J connectivity index is 2.62. The van der Waals surface area contributed by atoms with E-state index in [1.807, 2.05) is 0 Å². The van der Waals surface area contributed by atoms with E-state index in [0.29, 0.717) is 19.3 Å². The van der Waals surface area contributed by atoms with Gasteiger partial charge in [-0.3, -0.25) is 4.79 Å². The third-order valence-corrected chi connectivity index (χ3v) is 3.07. The van der Waals surface area contributed by atoms with Gasteiger partial charge in [-0.2, -0.15) is 0 Å². The van der Waals surface area contributed by atoms with Crippen molar-refractivity contribution in [2.45, 2.75) is 24.3 Å². The predicted molar refractivity (Wildman–Crippen MR) is 59.5 cm³/mol. The molecule has 0 saturated carbocycles. The van der Waals surface area contributed by atoms with Crippen LogP contribution in [-0.4, -0.2) is 25.6 Å². The van der Waals surface area contributed by atoms with Crippen LogP contribution in [0.4, 0.5) is 0 Å². The second kappa shape index (κ2) is 5.07. The first-order valence-electron chi connectivity index (χ1n) is 4.83. The lowest BCUT2D eigenvalue weighted by Gasteiger charge is -2.01. The number of sulfone groups is 1. The first-order valence-corrected chi connectivity index (χ1v) is 6.72. The molecule has 6 heteroatoms. The molecule has 5 nitrogen and oxygen atoms in total. The number of aryl methyl sites for hydroxylation is 1. The third-order valence-electron chi connectivity index (χ3n) is 2.07. The molecule has 0 unspecified atom stereocenters. The maximum absolute atomic E-state index is 11.1. The van der Waals surface area contributed by atoms with Crippen molar-refractivity contribution in [3.05, 3.63) is 23.9 Å². The van der Waals surface area contributed by atoms with Crippen molar-refractivity contribution in [1.29, 1.82) is 0 Å². The Morgan fingerprint density at radius 3 is 2.56 bits per heavy atom. The van der Waals surface area contributed by atoms with E-state index in [0.717, 1.165) is 11.8 Å². The molecule has 88 valence electrons. The average molecular weight is 242 g/mol. The minimum Gasteiger partial charge on any atom is -0.370 e. The Kier molecular flexibility index (Phi) is 4.00. The summed E-state index contributed by atoms with van der Waals surface area (Å²) in [5.74, 6) is -0.333. The Hall–Kier alpha value is -1.43. The number of nitrogens with two attached hydrogens (primary N) is 1. The van der Waals surface area contributed by atoms with Gasteiger partial charge in [0.15, 0.2) is 14.9 Å². The van der Waals surface area contributed by atoms with Crippen LogP contribution in [-0.2, 0) is 21.1 Å². The lowest BCUT2D eigenvalue weighted by Crippen LogP contribution is -2.10. The number of primary amides is 1. The summed E-state index contributed by atoms with van der Waals surface area (Å²) in [6.07, 6.45) is 4.27. The molecule has 0 fully saturated rings. The zero-order valence-electron chi connectivity index (χ0n) is 9.01. The van der Waals surface area contributed by atoms with E-state index in [4.69, 9.17) is 5.73 Å². The molecule has 1 aromatic heterocycles. The summed E-state index contributed by atoms with van der Waals surface area (Å²) in [7, 11) is -3.24. The summed E-state index contributed by atoms with van der Waals surface area (Å²) in [5, 5.41) is 0.0613. The summed E-state index contributed by atoms with van der Waals surface area (Å²) in [4.78, 5) is 14.3. The van der Waals surface area contributed by atoms with Gasteiger partial charge in [-0.1, -0.05) is 6.07 Å². The predicted octanol–water partition coefficient (Wildman–Crippen LogP) is 0.293. The molecule has 0 saturated heterocycles. The Morgan fingerprint density at radius 1 is 1.44 bits per heavy atom. The highest BCUT2D eigenvalue weighted by atomic mass is 32.2. The highest BCUT2D eigenvalue weighted by molar-refractivity contribution is 7.90. The fourth-order valence-corrected chi connectivity index (χ4v) is 1.80. The van der Waals surface area contributed by atoms with E-state index in [9.17, 15) is 13.2 Å². The highest BCUT2D eigenvalue weighted by Crippen LogP contribution is 2.08. The summed E-state index contributed by atoms with van der Waals surface area (Å²) in [6.45, 7) is 0. The van der Waals surface area contributed by atoms with Gasteiger partial charge >= 0.3 is 0 Å². The zero-order valence-corrected chi connectivity index (χ0v) is 9.83. The number of hydrogen-bond donors (Lipinski definition) is 1. The molecule has 0 bridgehead atoms. The van der Waals surface area contributed by atoms with Crippen LogP contribution in [0.2, 0.25) is 0 Å². The minimum absolute atomic E-state index is 0.0613. The lowest BCUT2D eigenvalue weighted by atomic mass is 10.1. The fourth-order valence-electron chi connectivity index (χ4n) is 1.24. The molecule has 1 amide bonds. The van der Waals surface area contributed by atoms with Gasteiger partial charge in [0.05, 0.1) is 0 Å². The van der Waals surface area contributed by atoms with Crippen molar-refractivity contribution in [2.75, 3.05) is 6.26 Å². The van der Waals surface area contributed by atoms with Crippen molar-refractivity contribution in [3.63, 3.8) is 0 Å². The van der Waals surface area contributed by atoms with Crippen molar-refractivity contribution < 1.29 is 13.2 Å². The first-order chi connectivity index (χ1) is 7.39. The first kappa shape index (κ1) is 12.6. The number of carbonyl (C=O) groups excluding carboxylic acids is 1. The number of hydrogen-bond acceptors (Lipinski definition) is 4. The number of nitrogens with zero attached hydrogens (tertiary/aromatic N) is 1. The van der Waals surface area contributed by atoms with Gasteiger partial charge in [-0.15, -0.1) is 0 Å². The molecule has 0 radical (unpaired) electrons. The van der Waals surface area contributed by atoms with Crippen molar-refractivity contribution in [3.8, 4) is 0 Å². The SMILES string of the molecule is CS(=O)(=O)c1ccc(CCCC(N)=O)cn1. The Bertz CT molecular complexity index is 465. The number of pyridine rings is 1. The number of rotatable bonds is 5. The van der Waals surface area contributed by atoms with E-state index in [1.54, 1.807) is 6.07 Å². The molecule has 0 aliphatic heterocycles. The van der Waals surface area contributed by atoms with Crippen LogP contribution in [0, 0.1) is 0 Å². The van der Waals surface area contributed by atoms with E-state index in [2.05, 4.69) is 4.98 Å². The second-order valence-corrected chi connectivity index (χ2v) is 5.56. The fraction of sp³-hybridized carbons (Fsp3) is 0.400. The molecule has 1 rings (SSSR count). The molecular formula is C10H14N2O3S. The molecule has 2 N–H and O–H groups in total. The van der Waals surface area contributed by atoms with Gasteiger partial charge in [0.1, 0.15) is 0 Å². The smallest absolute Gasteiger partial charge is 0.217 e. The lowest BCUT2D eigenvalue weighted by molar-refractivity contribution is -0.118. The van der Waals surface area contributed by atoms with E-state index in [-0.39, 0.29) is 10.9 Å². The van der Waals surface area contributed by atoms with Crippen LogP contribution in [0.3, 0.4) is 0 Å². The second-order valence-electron chi connectivity index (χ2n) is 3.60. The van der Waals surface area contributed by atoms with Gasteiger partial charge in [0.25, 0.3) is 0 Å². The molecule has 0 aliphatic rings. The van der Waals surface area contributed by atoms with Crippen LogP contribution in [0.15, 0.2) is 23.4 Å². The average Bonchev–Trinajstić information content (AvgIpc) is 2.16. The Morgan fingerprint density at radius 2 is 2.12 bits per heavy atom. The molecular weight excluding hydrogens is 228 g/mol. The highest BCUT2D eigenvalue weighted by Gasteiger charge is 2.07. The molecule has 0 aliphatic carbocycles. The van der Waals surface area contributed by atoms with Crippen LogP contribution < -0.4 is 5.73 Å². The van der Waals surface area contributed by atoms with Crippen molar-refractivity contribution in [1.82, 2.24) is 4.98 Å². The number of carbonyl (C=O) groups is 1. The normalized spacial score (nSPS) is 11.3. The van der Waals surface area contributed by atoms with Gasteiger partial charge in [-0.25, -0.2) is 13.4 Å². The van der Waals surface area contributed by atoms with Crippen LogP contribution in [0.25, 0.3) is 0 Å². The summed E-state index contributed by atoms with van der Waals surface area (Å²) < 4.78 is 22.2. The molecule has 0 spiro atoms. The maximum Gasteiger partial charge on any atom is 0.217 e. The quantitative estimate of drug-likeness (QED) is 0.803.